The standard InChI is InChI=1S/C19H18F6N2O5/c1-3-31-14(29)17(15(30)32-4-2)16(9-7-5-6-8-10(9)26-13(16)28)11(18(20,21)22)12(27-17)19(23,24)25/h5-8,11-12,27H,3-4H2,1-2H3,(H,26,28)/t11-,12+,16-/m0/s1. The molecule has 1 saturated heterocycles. The van der Waals surface area contributed by atoms with Gasteiger partial charge in [0, 0.05) is 5.69 Å². The topological polar surface area (TPSA) is 93.7 Å². The summed E-state index contributed by atoms with van der Waals surface area (Å²) in [6.45, 7) is 1.50. The number of para-hydroxylation sites is 1. The van der Waals surface area contributed by atoms with Gasteiger partial charge < -0.3 is 14.8 Å². The van der Waals surface area contributed by atoms with Crippen molar-refractivity contribution in [2.45, 2.75) is 43.2 Å². The van der Waals surface area contributed by atoms with Crippen molar-refractivity contribution >= 4 is 23.5 Å². The first-order valence-corrected chi connectivity index (χ1v) is 9.46. The number of ether oxygens (including phenoxy) is 2. The maximum Gasteiger partial charge on any atom is 0.404 e. The van der Waals surface area contributed by atoms with Crippen LogP contribution in [0.3, 0.4) is 0 Å². The molecule has 2 heterocycles. The lowest BCUT2D eigenvalue weighted by molar-refractivity contribution is -0.235. The van der Waals surface area contributed by atoms with Crippen molar-refractivity contribution in [2.24, 2.45) is 5.92 Å². The molecule has 2 aliphatic rings. The SMILES string of the molecule is CCOC(=O)C1(C(=O)OCC)N[C@@H](C(F)(F)F)[C@H](C(F)(F)F)[C@@]12C(=O)Nc1ccccc12. The van der Waals surface area contributed by atoms with Crippen molar-refractivity contribution in [1.82, 2.24) is 5.32 Å². The van der Waals surface area contributed by atoms with Gasteiger partial charge in [0.2, 0.25) is 11.4 Å². The summed E-state index contributed by atoms with van der Waals surface area (Å²) in [4.78, 5) is 39.3. The number of nitrogens with one attached hydrogen (secondary N) is 2. The Labute approximate surface area is 177 Å². The third kappa shape index (κ3) is 3.05. The van der Waals surface area contributed by atoms with E-state index in [1.165, 1.54) is 31.3 Å². The van der Waals surface area contributed by atoms with Crippen LogP contribution in [0.1, 0.15) is 19.4 Å². The normalized spacial score (nSPS) is 26.6. The van der Waals surface area contributed by atoms with Crippen LogP contribution in [-0.2, 0) is 29.3 Å². The first-order valence-electron chi connectivity index (χ1n) is 9.46. The first kappa shape index (κ1) is 23.8. The van der Waals surface area contributed by atoms with Crippen molar-refractivity contribution < 1.29 is 50.2 Å². The Morgan fingerprint density at radius 3 is 1.97 bits per heavy atom. The molecule has 32 heavy (non-hydrogen) atoms. The highest BCUT2D eigenvalue weighted by molar-refractivity contribution is 6.20. The van der Waals surface area contributed by atoms with E-state index in [-0.39, 0.29) is 5.69 Å². The molecule has 1 amide bonds. The summed E-state index contributed by atoms with van der Waals surface area (Å²) in [6, 6.07) is 1.11. The summed E-state index contributed by atoms with van der Waals surface area (Å²) in [5, 5.41) is 3.61. The smallest absolute Gasteiger partial charge is 0.404 e. The van der Waals surface area contributed by atoms with E-state index < -0.39 is 71.9 Å². The number of alkyl halides is 6. The molecule has 0 aromatic heterocycles. The van der Waals surface area contributed by atoms with Crippen molar-refractivity contribution in [3.63, 3.8) is 0 Å². The molecule has 0 aliphatic carbocycles. The van der Waals surface area contributed by atoms with E-state index in [4.69, 9.17) is 9.47 Å². The van der Waals surface area contributed by atoms with Crippen molar-refractivity contribution in [3.05, 3.63) is 29.8 Å². The zero-order valence-electron chi connectivity index (χ0n) is 16.7. The molecule has 7 nitrogen and oxygen atoms in total. The molecular weight excluding hydrogens is 450 g/mol. The minimum atomic E-state index is -5.68. The fourth-order valence-electron chi connectivity index (χ4n) is 4.58. The first-order chi connectivity index (χ1) is 14.8. The largest absolute Gasteiger partial charge is 0.464 e. The lowest BCUT2D eigenvalue weighted by Gasteiger charge is -2.40. The van der Waals surface area contributed by atoms with Crippen molar-refractivity contribution in [2.75, 3.05) is 18.5 Å². The average Bonchev–Trinajstić information content (AvgIpc) is 3.17. The fourth-order valence-corrected chi connectivity index (χ4v) is 4.58. The number of hydrogen-bond donors (Lipinski definition) is 2. The lowest BCUT2D eigenvalue weighted by Crippen LogP contribution is -2.70. The lowest BCUT2D eigenvalue weighted by atomic mass is 9.60. The van der Waals surface area contributed by atoms with E-state index >= 15 is 0 Å². The number of amides is 1. The van der Waals surface area contributed by atoms with E-state index in [2.05, 4.69) is 5.32 Å². The number of anilines is 1. The van der Waals surface area contributed by atoms with Crippen LogP contribution in [0.25, 0.3) is 0 Å². The van der Waals surface area contributed by atoms with Crippen LogP contribution < -0.4 is 10.6 Å². The second kappa shape index (κ2) is 7.64. The summed E-state index contributed by atoms with van der Waals surface area (Å²) in [7, 11) is 0. The molecule has 1 fully saturated rings. The Morgan fingerprint density at radius 2 is 1.50 bits per heavy atom. The number of esters is 2. The van der Waals surface area contributed by atoms with Crippen LogP contribution in [0.4, 0.5) is 32.0 Å². The average molecular weight is 468 g/mol. The van der Waals surface area contributed by atoms with Crippen molar-refractivity contribution in [1.29, 1.82) is 0 Å². The van der Waals surface area contributed by atoms with E-state index in [0.717, 1.165) is 12.1 Å². The monoisotopic (exact) mass is 468 g/mol. The maximum absolute atomic E-state index is 14.3. The van der Waals surface area contributed by atoms with E-state index in [1.807, 2.05) is 0 Å². The van der Waals surface area contributed by atoms with Gasteiger partial charge in [-0.1, -0.05) is 18.2 Å². The zero-order chi connectivity index (χ0) is 24.1. The summed E-state index contributed by atoms with van der Waals surface area (Å²) >= 11 is 0. The highest BCUT2D eigenvalue weighted by Crippen LogP contribution is 2.61. The van der Waals surface area contributed by atoms with Crippen LogP contribution >= 0.6 is 0 Å². The van der Waals surface area contributed by atoms with Crippen LogP contribution in [0.2, 0.25) is 0 Å². The Bertz CT molecular complexity index is 929. The van der Waals surface area contributed by atoms with Gasteiger partial charge in [-0.3, -0.25) is 10.1 Å². The third-order valence-corrected chi connectivity index (χ3v) is 5.59. The molecule has 176 valence electrons. The predicted molar refractivity (Wildman–Crippen MR) is 95.3 cm³/mol. The van der Waals surface area contributed by atoms with E-state index in [1.54, 1.807) is 0 Å². The Kier molecular flexibility index (Phi) is 5.69. The molecule has 0 saturated carbocycles. The maximum atomic E-state index is 14.3. The Morgan fingerprint density at radius 1 is 0.969 bits per heavy atom. The van der Waals surface area contributed by atoms with Crippen molar-refractivity contribution in [3.8, 4) is 0 Å². The number of hydrogen-bond acceptors (Lipinski definition) is 6. The van der Waals surface area contributed by atoms with Gasteiger partial charge in [0.05, 0.1) is 13.2 Å². The van der Waals surface area contributed by atoms with E-state index in [9.17, 15) is 40.7 Å². The second-order valence-electron chi connectivity index (χ2n) is 7.18. The quantitative estimate of drug-likeness (QED) is 0.401. The van der Waals surface area contributed by atoms with Gasteiger partial charge in [-0.25, -0.2) is 9.59 Å². The number of fused-ring (bicyclic) bond motifs is 2. The summed E-state index contributed by atoms with van der Waals surface area (Å²) in [6.07, 6.45) is -11.3. The fraction of sp³-hybridized carbons (Fsp3) is 0.526. The number of halogens is 6. The molecule has 1 aromatic carbocycles. The Hall–Kier alpha value is -2.83. The molecule has 3 atom stereocenters. The van der Waals surface area contributed by atoms with Gasteiger partial charge >= 0.3 is 24.3 Å². The Balaban J connectivity index is 2.51. The molecule has 2 aliphatic heterocycles. The number of benzene rings is 1. The summed E-state index contributed by atoms with van der Waals surface area (Å²) in [5.41, 5.74) is -7.72. The zero-order valence-corrected chi connectivity index (χ0v) is 16.7. The van der Waals surface area contributed by atoms with Gasteiger partial charge in [0.15, 0.2) is 0 Å². The molecule has 13 heteroatoms. The minimum Gasteiger partial charge on any atom is -0.464 e. The summed E-state index contributed by atoms with van der Waals surface area (Å²) in [5.74, 6) is -8.73. The minimum absolute atomic E-state index is 0.269. The van der Waals surface area contributed by atoms with Gasteiger partial charge in [-0.05, 0) is 25.5 Å². The predicted octanol–water partition coefficient (Wildman–Crippen LogP) is 2.45. The highest BCUT2D eigenvalue weighted by atomic mass is 19.4. The molecule has 1 spiro atoms. The molecule has 2 N–H and O–H groups in total. The third-order valence-electron chi connectivity index (χ3n) is 5.59. The van der Waals surface area contributed by atoms with Crippen LogP contribution in [0.5, 0.6) is 0 Å². The molecular formula is C19H18F6N2O5. The number of carbonyl (C=O) groups is 3. The van der Waals surface area contributed by atoms with Crippen LogP contribution in [0, 0.1) is 5.92 Å². The van der Waals surface area contributed by atoms with Gasteiger partial charge in [-0.2, -0.15) is 26.3 Å². The molecule has 1 aromatic rings. The van der Waals surface area contributed by atoms with Crippen LogP contribution in [-0.4, -0.2) is 55.0 Å². The summed E-state index contributed by atoms with van der Waals surface area (Å²) < 4.78 is 94.2. The highest BCUT2D eigenvalue weighted by Gasteiger charge is 2.86. The molecule has 0 bridgehead atoms. The van der Waals surface area contributed by atoms with Gasteiger partial charge in [-0.15, -0.1) is 0 Å². The van der Waals surface area contributed by atoms with Crippen LogP contribution in [0.15, 0.2) is 24.3 Å². The molecule has 0 radical (unpaired) electrons. The van der Waals surface area contributed by atoms with Gasteiger partial charge in [0.1, 0.15) is 17.4 Å². The number of carbonyl (C=O) groups excluding carboxylic acids is 3. The molecule has 0 unspecified atom stereocenters. The van der Waals surface area contributed by atoms with Gasteiger partial charge in [0.25, 0.3) is 0 Å². The second-order valence-corrected chi connectivity index (χ2v) is 7.18. The number of rotatable bonds is 4. The molecule has 3 rings (SSSR count). The van der Waals surface area contributed by atoms with E-state index in [0.29, 0.717) is 0 Å².